The van der Waals surface area contributed by atoms with Crippen LogP contribution in [0.3, 0.4) is 0 Å². The van der Waals surface area contributed by atoms with Crippen molar-refractivity contribution in [1.29, 1.82) is 0 Å². The van der Waals surface area contributed by atoms with E-state index >= 15 is 0 Å². The molecule has 0 amide bonds. The Morgan fingerprint density at radius 1 is 1.00 bits per heavy atom. The summed E-state index contributed by atoms with van der Waals surface area (Å²) in [6.07, 6.45) is 0.906. The number of dihydropyridines is 1. The summed E-state index contributed by atoms with van der Waals surface area (Å²) in [5.41, 5.74) is 4.08. The Bertz CT molecular complexity index is 1260. The topological polar surface area (TPSA) is 103 Å². The molecule has 4 rings (SSSR count). The number of esters is 1. The number of carbonyl (C=O) groups excluding carboxylic acids is 2. The molecule has 0 spiro atoms. The summed E-state index contributed by atoms with van der Waals surface area (Å²) in [5, 5.41) is 13.2. The van der Waals surface area contributed by atoms with Gasteiger partial charge in [0.25, 0.3) is 0 Å². The second-order valence-electron chi connectivity index (χ2n) is 9.78. The molecule has 8 nitrogen and oxygen atoms in total. The number of methoxy groups -OCH3 is 2. The normalized spacial score (nSPS) is 19.3. The molecule has 0 aromatic heterocycles. The summed E-state index contributed by atoms with van der Waals surface area (Å²) >= 11 is 0. The quantitative estimate of drug-likeness (QED) is 0.360. The van der Waals surface area contributed by atoms with E-state index in [0.29, 0.717) is 34.8 Å². The molecule has 1 heterocycles. The van der Waals surface area contributed by atoms with Gasteiger partial charge in [-0.1, -0.05) is 18.2 Å². The zero-order valence-corrected chi connectivity index (χ0v) is 22.5. The number of nitrogens with one attached hydrogen (secondary N) is 1. The highest BCUT2D eigenvalue weighted by Gasteiger charge is 2.41. The number of hydrogen-bond donors (Lipinski definition) is 2. The van der Waals surface area contributed by atoms with E-state index in [-0.39, 0.29) is 43.2 Å². The van der Waals surface area contributed by atoms with Crippen molar-refractivity contribution in [3.8, 4) is 17.2 Å². The molecule has 0 saturated heterocycles. The Balaban J connectivity index is 1.68. The number of ether oxygens (including phenoxy) is 4. The molecular formula is C30H35NO7. The summed E-state index contributed by atoms with van der Waals surface area (Å²) in [5.74, 6) is 0.128. The Morgan fingerprint density at radius 2 is 1.68 bits per heavy atom. The number of allylic oxidation sites excluding steroid dienone is 3. The maximum Gasteiger partial charge on any atom is 0.336 e. The fraction of sp³-hybridized carbons (Fsp3) is 0.400. The van der Waals surface area contributed by atoms with Gasteiger partial charge < -0.3 is 29.4 Å². The lowest BCUT2D eigenvalue weighted by molar-refractivity contribution is -0.141. The smallest absolute Gasteiger partial charge is 0.336 e. The predicted octanol–water partition coefficient (Wildman–Crippen LogP) is 4.74. The summed E-state index contributed by atoms with van der Waals surface area (Å²) in [6.45, 7) is 6.05. The monoisotopic (exact) mass is 521 g/mol. The van der Waals surface area contributed by atoms with Crippen LogP contribution in [0.2, 0.25) is 0 Å². The van der Waals surface area contributed by atoms with Crippen LogP contribution in [0.5, 0.6) is 17.2 Å². The van der Waals surface area contributed by atoms with Gasteiger partial charge in [-0.05, 0) is 68.5 Å². The maximum atomic E-state index is 13.8. The zero-order chi connectivity index (χ0) is 27.4. The molecule has 2 aromatic carbocycles. The van der Waals surface area contributed by atoms with Crippen molar-refractivity contribution < 1.29 is 33.6 Å². The molecule has 0 fully saturated rings. The maximum absolute atomic E-state index is 13.8. The van der Waals surface area contributed by atoms with Gasteiger partial charge in [-0.2, -0.15) is 0 Å². The second kappa shape index (κ2) is 11.7. The van der Waals surface area contributed by atoms with Crippen molar-refractivity contribution in [2.75, 3.05) is 27.4 Å². The van der Waals surface area contributed by atoms with Crippen LogP contribution in [0.1, 0.15) is 56.6 Å². The number of aromatic hydroxyl groups is 1. The molecule has 0 saturated carbocycles. The van der Waals surface area contributed by atoms with Crippen LogP contribution < -0.4 is 14.8 Å². The number of carbonyl (C=O) groups is 2. The summed E-state index contributed by atoms with van der Waals surface area (Å²) in [7, 11) is 3.17. The van der Waals surface area contributed by atoms with Crippen LogP contribution in [0.15, 0.2) is 65.0 Å². The Hall–Kier alpha value is -3.78. The standard InChI is InChI=1S/C30H35NO7/c1-17(2)37-12-13-38-30(34)27-18(3)31-23-14-21(20-8-11-25(35-4)26(16-20)36-5)15-24(33)29(23)28(27)19-6-9-22(32)10-7-19/h6-11,16-17,21,28,31-32H,12-15H2,1-5H3/t21-,28-/m1/s1. The van der Waals surface area contributed by atoms with Crippen molar-refractivity contribution >= 4 is 11.8 Å². The minimum atomic E-state index is -0.607. The molecule has 1 aliphatic heterocycles. The summed E-state index contributed by atoms with van der Waals surface area (Å²) < 4.78 is 21.9. The molecule has 8 heteroatoms. The van der Waals surface area contributed by atoms with Gasteiger partial charge in [-0.25, -0.2) is 4.79 Å². The third-order valence-electron chi connectivity index (χ3n) is 6.92. The fourth-order valence-electron chi connectivity index (χ4n) is 5.15. The average Bonchev–Trinajstić information content (AvgIpc) is 2.90. The first-order valence-corrected chi connectivity index (χ1v) is 12.8. The largest absolute Gasteiger partial charge is 0.508 e. The van der Waals surface area contributed by atoms with E-state index in [1.165, 1.54) is 0 Å². The van der Waals surface area contributed by atoms with Crippen molar-refractivity contribution in [2.45, 2.75) is 51.6 Å². The van der Waals surface area contributed by atoms with Gasteiger partial charge in [0.1, 0.15) is 12.4 Å². The Kier molecular flexibility index (Phi) is 8.42. The lowest BCUT2D eigenvalue weighted by Crippen LogP contribution is -2.36. The Labute approximate surface area is 223 Å². The lowest BCUT2D eigenvalue weighted by Gasteiger charge is -2.36. The van der Waals surface area contributed by atoms with Crippen molar-refractivity contribution in [3.05, 3.63) is 76.1 Å². The number of ketones is 1. The highest BCUT2D eigenvalue weighted by Crippen LogP contribution is 2.46. The number of Topliss-reactive ketones (excluding diaryl/α,β-unsaturated/α-hetero) is 1. The van der Waals surface area contributed by atoms with Gasteiger partial charge in [0.2, 0.25) is 0 Å². The van der Waals surface area contributed by atoms with Crippen molar-refractivity contribution in [3.63, 3.8) is 0 Å². The number of phenolic OH excluding ortho intramolecular Hbond substituents is 1. The van der Waals surface area contributed by atoms with Crippen molar-refractivity contribution in [2.24, 2.45) is 0 Å². The molecule has 1 aliphatic carbocycles. The zero-order valence-electron chi connectivity index (χ0n) is 22.5. The van der Waals surface area contributed by atoms with Gasteiger partial charge in [0, 0.05) is 29.3 Å². The van der Waals surface area contributed by atoms with Crippen LogP contribution in [-0.4, -0.2) is 50.4 Å². The molecule has 0 unspecified atom stereocenters. The van der Waals surface area contributed by atoms with Crippen LogP contribution in [-0.2, 0) is 19.1 Å². The molecule has 0 radical (unpaired) electrons. The van der Waals surface area contributed by atoms with E-state index in [9.17, 15) is 14.7 Å². The van der Waals surface area contributed by atoms with E-state index in [2.05, 4.69) is 5.32 Å². The molecule has 2 aromatic rings. The van der Waals surface area contributed by atoms with Crippen LogP contribution >= 0.6 is 0 Å². The number of benzene rings is 2. The molecule has 0 bridgehead atoms. The molecule has 38 heavy (non-hydrogen) atoms. The number of hydrogen-bond acceptors (Lipinski definition) is 8. The van der Waals surface area contributed by atoms with E-state index in [0.717, 1.165) is 16.8 Å². The highest BCUT2D eigenvalue weighted by atomic mass is 16.6. The summed E-state index contributed by atoms with van der Waals surface area (Å²) in [4.78, 5) is 27.1. The number of phenols is 1. The first-order valence-electron chi connectivity index (χ1n) is 12.8. The summed E-state index contributed by atoms with van der Waals surface area (Å²) in [6, 6.07) is 12.3. The molecular weight excluding hydrogens is 486 g/mol. The van der Waals surface area contributed by atoms with Gasteiger partial charge in [0.15, 0.2) is 17.3 Å². The van der Waals surface area contributed by atoms with Crippen LogP contribution in [0, 0.1) is 0 Å². The minimum Gasteiger partial charge on any atom is -0.508 e. The van der Waals surface area contributed by atoms with Gasteiger partial charge in [-0.3, -0.25) is 4.79 Å². The van der Waals surface area contributed by atoms with E-state index in [4.69, 9.17) is 18.9 Å². The molecule has 2 atom stereocenters. The highest BCUT2D eigenvalue weighted by molar-refractivity contribution is 6.04. The van der Waals surface area contributed by atoms with Crippen LogP contribution in [0.25, 0.3) is 0 Å². The number of rotatable bonds is 9. The van der Waals surface area contributed by atoms with E-state index in [1.54, 1.807) is 38.5 Å². The second-order valence-corrected chi connectivity index (χ2v) is 9.78. The van der Waals surface area contributed by atoms with Gasteiger partial charge in [0.05, 0.1) is 32.5 Å². The van der Waals surface area contributed by atoms with Crippen molar-refractivity contribution in [1.82, 2.24) is 5.32 Å². The predicted molar refractivity (Wildman–Crippen MR) is 142 cm³/mol. The van der Waals surface area contributed by atoms with Crippen LogP contribution in [0.4, 0.5) is 0 Å². The van der Waals surface area contributed by atoms with Gasteiger partial charge in [-0.15, -0.1) is 0 Å². The molecule has 2 aliphatic rings. The van der Waals surface area contributed by atoms with E-state index in [1.807, 2.05) is 39.0 Å². The Morgan fingerprint density at radius 3 is 2.34 bits per heavy atom. The SMILES string of the molecule is COc1ccc([C@H]2CC(=O)C3=C(C2)NC(C)=C(C(=O)OCCOC(C)C)[C@H]3c2ccc(O)cc2)cc1OC. The first-order chi connectivity index (χ1) is 18.2. The third-order valence-corrected chi connectivity index (χ3v) is 6.92. The molecule has 2 N–H and O–H groups in total. The first kappa shape index (κ1) is 27.3. The van der Waals surface area contributed by atoms with Gasteiger partial charge >= 0.3 is 5.97 Å². The third kappa shape index (κ3) is 5.70. The lowest BCUT2D eigenvalue weighted by atomic mass is 9.71. The minimum absolute atomic E-state index is 0.0296. The fourth-order valence-corrected chi connectivity index (χ4v) is 5.15. The molecule has 202 valence electrons. The van der Waals surface area contributed by atoms with E-state index < -0.39 is 11.9 Å². The average molecular weight is 522 g/mol.